The van der Waals surface area contributed by atoms with Crippen LogP contribution in [0.4, 0.5) is 0 Å². The summed E-state index contributed by atoms with van der Waals surface area (Å²) < 4.78 is 0. The minimum atomic E-state index is -1.84. The molecular formula is C20H26O6. The lowest BCUT2D eigenvalue weighted by atomic mass is 9.79. The molecule has 0 heterocycles. The molecule has 0 fully saturated rings. The van der Waals surface area contributed by atoms with Gasteiger partial charge in [-0.15, -0.1) is 0 Å². The van der Waals surface area contributed by atoms with E-state index in [1.54, 1.807) is 48.5 Å². The Morgan fingerprint density at radius 3 is 1.50 bits per heavy atom. The van der Waals surface area contributed by atoms with Gasteiger partial charge in [-0.2, -0.15) is 0 Å². The van der Waals surface area contributed by atoms with Crippen molar-refractivity contribution in [3.63, 3.8) is 0 Å². The molecule has 0 spiro atoms. The molecule has 0 radical (unpaired) electrons. The van der Waals surface area contributed by atoms with Crippen molar-refractivity contribution in [2.24, 2.45) is 0 Å². The Kier molecular flexibility index (Phi) is 7.28. The smallest absolute Gasteiger partial charge is 0.112 e. The number of hydrogen-bond donors (Lipinski definition) is 6. The SMILES string of the molecule is OC[C@H](O)[C@@H](O)[C@@H](O)[C@@H](O)C(O)(Cc1ccccc1)Cc1ccccc1. The quantitative estimate of drug-likeness (QED) is 0.362. The molecule has 6 N–H and O–H groups in total. The van der Waals surface area contributed by atoms with Crippen LogP contribution in [0, 0.1) is 0 Å². The summed E-state index contributed by atoms with van der Waals surface area (Å²) >= 11 is 0. The lowest BCUT2D eigenvalue weighted by Gasteiger charge is -2.38. The van der Waals surface area contributed by atoms with Crippen molar-refractivity contribution in [2.75, 3.05) is 6.61 Å². The fourth-order valence-corrected chi connectivity index (χ4v) is 3.01. The van der Waals surface area contributed by atoms with Crippen molar-refractivity contribution in [3.05, 3.63) is 71.8 Å². The zero-order chi connectivity index (χ0) is 19.2. The fourth-order valence-electron chi connectivity index (χ4n) is 3.01. The highest BCUT2D eigenvalue weighted by atomic mass is 16.4. The molecule has 6 nitrogen and oxygen atoms in total. The molecule has 0 aromatic heterocycles. The largest absolute Gasteiger partial charge is 0.394 e. The van der Waals surface area contributed by atoms with Crippen LogP contribution in [0.2, 0.25) is 0 Å². The van der Waals surface area contributed by atoms with Gasteiger partial charge in [0.25, 0.3) is 0 Å². The first-order valence-electron chi connectivity index (χ1n) is 8.51. The summed E-state index contributed by atoms with van der Waals surface area (Å²) in [4.78, 5) is 0. The summed E-state index contributed by atoms with van der Waals surface area (Å²) in [5.74, 6) is 0. The maximum absolute atomic E-state index is 11.2. The van der Waals surface area contributed by atoms with Crippen molar-refractivity contribution in [1.29, 1.82) is 0 Å². The molecule has 0 amide bonds. The van der Waals surface area contributed by atoms with Gasteiger partial charge in [0.15, 0.2) is 0 Å². The molecule has 0 saturated carbocycles. The Labute approximate surface area is 152 Å². The Bertz CT molecular complexity index is 606. The van der Waals surface area contributed by atoms with Gasteiger partial charge in [0.1, 0.15) is 30.0 Å². The van der Waals surface area contributed by atoms with Crippen LogP contribution >= 0.6 is 0 Å². The topological polar surface area (TPSA) is 121 Å². The number of aliphatic hydroxyl groups excluding tert-OH is 5. The Hall–Kier alpha value is -1.80. The third-order valence-electron chi connectivity index (χ3n) is 4.51. The van der Waals surface area contributed by atoms with Crippen LogP contribution in [0.15, 0.2) is 60.7 Å². The van der Waals surface area contributed by atoms with Crippen LogP contribution in [0.3, 0.4) is 0 Å². The van der Waals surface area contributed by atoms with Crippen molar-refractivity contribution in [2.45, 2.75) is 42.9 Å². The second-order valence-corrected chi connectivity index (χ2v) is 6.60. The minimum absolute atomic E-state index is 0.0307. The van der Waals surface area contributed by atoms with Gasteiger partial charge in [-0.3, -0.25) is 0 Å². The van der Waals surface area contributed by atoms with Crippen molar-refractivity contribution in [1.82, 2.24) is 0 Å². The molecular weight excluding hydrogens is 336 g/mol. The van der Waals surface area contributed by atoms with Gasteiger partial charge in [-0.25, -0.2) is 0 Å². The molecule has 0 bridgehead atoms. The summed E-state index contributed by atoms with van der Waals surface area (Å²) in [5, 5.41) is 60.5. The second-order valence-electron chi connectivity index (χ2n) is 6.60. The highest BCUT2D eigenvalue weighted by Gasteiger charge is 2.44. The van der Waals surface area contributed by atoms with Crippen molar-refractivity contribution >= 4 is 0 Å². The van der Waals surface area contributed by atoms with E-state index in [0.717, 1.165) is 11.1 Å². The molecule has 0 saturated heterocycles. The highest BCUT2D eigenvalue weighted by molar-refractivity contribution is 5.23. The molecule has 0 unspecified atom stereocenters. The minimum Gasteiger partial charge on any atom is -0.394 e. The Balaban J connectivity index is 2.29. The maximum atomic E-state index is 11.2. The highest BCUT2D eigenvalue weighted by Crippen LogP contribution is 2.26. The summed E-state index contributed by atoms with van der Waals surface area (Å²) in [6, 6.07) is 18.0. The standard InChI is InChI=1S/C20H26O6/c21-13-16(22)17(23)18(24)19(25)20(26,11-14-7-3-1-4-8-14)12-15-9-5-2-6-10-15/h1-10,16-19,21-26H,11-13H2/t16-,17+,18+,19+/m0/s1. The third kappa shape index (κ3) is 5.11. The molecule has 0 aliphatic rings. The molecule has 4 atom stereocenters. The predicted octanol–water partition coefficient (Wildman–Crippen LogP) is -0.361. The Morgan fingerprint density at radius 2 is 1.12 bits per heavy atom. The molecule has 2 aromatic carbocycles. The second kappa shape index (κ2) is 9.23. The average molecular weight is 362 g/mol. The third-order valence-corrected chi connectivity index (χ3v) is 4.51. The molecule has 142 valence electrons. The van der Waals surface area contributed by atoms with E-state index in [1.807, 2.05) is 12.1 Å². The fraction of sp³-hybridized carbons (Fsp3) is 0.400. The van der Waals surface area contributed by atoms with Crippen LogP contribution in [0.1, 0.15) is 11.1 Å². The zero-order valence-electron chi connectivity index (χ0n) is 14.4. The van der Waals surface area contributed by atoms with E-state index in [4.69, 9.17) is 5.11 Å². The Morgan fingerprint density at radius 1 is 0.692 bits per heavy atom. The van der Waals surface area contributed by atoms with Gasteiger partial charge in [0.2, 0.25) is 0 Å². The van der Waals surface area contributed by atoms with E-state index in [1.165, 1.54) is 0 Å². The van der Waals surface area contributed by atoms with Gasteiger partial charge >= 0.3 is 0 Å². The number of rotatable bonds is 9. The van der Waals surface area contributed by atoms with Gasteiger partial charge in [-0.05, 0) is 11.1 Å². The van der Waals surface area contributed by atoms with Gasteiger partial charge in [0.05, 0.1) is 6.61 Å². The lowest BCUT2D eigenvalue weighted by Crippen LogP contribution is -2.57. The van der Waals surface area contributed by atoms with Crippen LogP contribution < -0.4 is 0 Å². The first kappa shape index (κ1) is 20.5. The van der Waals surface area contributed by atoms with Crippen LogP contribution in [-0.2, 0) is 12.8 Å². The summed E-state index contributed by atoms with van der Waals surface area (Å²) in [6.45, 7) is -0.777. The first-order chi connectivity index (χ1) is 12.4. The van der Waals surface area contributed by atoms with E-state index >= 15 is 0 Å². The molecule has 2 rings (SSSR count). The van der Waals surface area contributed by atoms with Crippen LogP contribution in [-0.4, -0.2) is 67.3 Å². The predicted molar refractivity (Wildman–Crippen MR) is 96.4 cm³/mol. The zero-order valence-corrected chi connectivity index (χ0v) is 14.4. The number of hydrogen-bond acceptors (Lipinski definition) is 6. The van der Waals surface area contributed by atoms with Crippen molar-refractivity contribution in [3.8, 4) is 0 Å². The molecule has 26 heavy (non-hydrogen) atoms. The van der Waals surface area contributed by atoms with E-state index < -0.39 is 36.6 Å². The van der Waals surface area contributed by atoms with Gasteiger partial charge in [-0.1, -0.05) is 60.7 Å². The molecule has 2 aromatic rings. The van der Waals surface area contributed by atoms with Gasteiger partial charge in [0, 0.05) is 12.8 Å². The summed E-state index contributed by atoms with van der Waals surface area (Å²) in [6.07, 6.45) is -6.95. The average Bonchev–Trinajstić information content (AvgIpc) is 2.67. The number of benzene rings is 2. The number of aliphatic hydroxyl groups is 6. The lowest BCUT2D eigenvalue weighted by molar-refractivity contribution is -0.172. The van der Waals surface area contributed by atoms with Gasteiger partial charge < -0.3 is 30.6 Å². The van der Waals surface area contributed by atoms with E-state index in [-0.39, 0.29) is 12.8 Å². The normalized spacial score (nSPS) is 16.7. The molecule has 0 aliphatic heterocycles. The van der Waals surface area contributed by atoms with Crippen LogP contribution in [0.25, 0.3) is 0 Å². The van der Waals surface area contributed by atoms with E-state index in [2.05, 4.69) is 0 Å². The maximum Gasteiger partial charge on any atom is 0.112 e. The summed E-state index contributed by atoms with van der Waals surface area (Å²) in [7, 11) is 0. The monoisotopic (exact) mass is 362 g/mol. The van der Waals surface area contributed by atoms with E-state index in [0.29, 0.717) is 0 Å². The molecule has 6 heteroatoms. The summed E-state index contributed by atoms with van der Waals surface area (Å²) in [5.41, 5.74) is -0.304. The van der Waals surface area contributed by atoms with Crippen LogP contribution in [0.5, 0.6) is 0 Å². The first-order valence-corrected chi connectivity index (χ1v) is 8.51. The molecule has 0 aliphatic carbocycles. The van der Waals surface area contributed by atoms with E-state index in [9.17, 15) is 25.5 Å². The van der Waals surface area contributed by atoms with Crippen molar-refractivity contribution < 1.29 is 30.6 Å².